The molecule has 0 spiro atoms. The van der Waals surface area contributed by atoms with E-state index in [1.807, 2.05) is 6.08 Å². The van der Waals surface area contributed by atoms with Crippen LogP contribution >= 0.6 is 9.24 Å². The fraction of sp³-hybridized carbons (Fsp3) is 0.167. The summed E-state index contributed by atoms with van der Waals surface area (Å²) in [5.41, 5.74) is 0. The van der Waals surface area contributed by atoms with Crippen LogP contribution in [0.15, 0.2) is 29.0 Å². The fourth-order valence-electron chi connectivity index (χ4n) is 0.328. The second kappa shape index (κ2) is 4.73. The molecule has 0 aromatic rings. The molecule has 0 aromatic carbocycles. The van der Waals surface area contributed by atoms with Crippen LogP contribution in [0.25, 0.3) is 0 Å². The second-order valence-electron chi connectivity index (χ2n) is 1.29. The number of aliphatic imine (C=N–C) groups is 1. The summed E-state index contributed by atoms with van der Waals surface area (Å²) < 4.78 is 0. The third-order valence-corrected chi connectivity index (χ3v) is 0.930. The van der Waals surface area contributed by atoms with Crippen molar-refractivity contribution in [2.45, 2.75) is 0 Å². The molecule has 0 aliphatic carbocycles. The Kier molecular flexibility index (Phi) is 4.48. The molecule has 0 radical (unpaired) electrons. The van der Waals surface area contributed by atoms with Crippen molar-refractivity contribution in [1.82, 2.24) is 0 Å². The minimum absolute atomic E-state index is 1.04. The molecule has 0 aromatic heterocycles. The monoisotopic (exact) mass is 127 g/mol. The van der Waals surface area contributed by atoms with Gasteiger partial charge in [-0.25, -0.2) is 0 Å². The number of nitrogens with zero attached hydrogens (tertiary/aromatic N) is 1. The SMILES string of the molecule is C=C/C=C(/P)C=NC. The van der Waals surface area contributed by atoms with Gasteiger partial charge in [0.05, 0.1) is 0 Å². The lowest BCUT2D eigenvalue weighted by atomic mass is 10.5. The van der Waals surface area contributed by atoms with Gasteiger partial charge in [0.25, 0.3) is 0 Å². The Morgan fingerprint density at radius 2 is 2.38 bits per heavy atom. The Balaban J connectivity index is 3.79. The first-order valence-corrected chi connectivity index (χ1v) is 2.89. The first kappa shape index (κ1) is 7.58. The van der Waals surface area contributed by atoms with Gasteiger partial charge in [-0.2, -0.15) is 0 Å². The Morgan fingerprint density at radius 1 is 1.75 bits per heavy atom. The zero-order chi connectivity index (χ0) is 6.41. The average molecular weight is 127 g/mol. The summed E-state index contributed by atoms with van der Waals surface area (Å²) in [6.45, 7) is 3.53. The van der Waals surface area contributed by atoms with E-state index in [2.05, 4.69) is 20.8 Å². The standard InChI is InChI=1S/C6H10NP/c1-3-4-6(8)5-7-2/h3-5H,1,8H2,2H3/b6-4+,7-5?. The molecule has 0 amide bonds. The molecule has 0 heterocycles. The van der Waals surface area contributed by atoms with Gasteiger partial charge in [-0.3, -0.25) is 4.99 Å². The molecule has 1 unspecified atom stereocenters. The Labute approximate surface area is 52.4 Å². The molecule has 1 nitrogen and oxygen atoms in total. The van der Waals surface area contributed by atoms with E-state index in [-0.39, 0.29) is 0 Å². The maximum absolute atomic E-state index is 3.79. The highest BCUT2D eigenvalue weighted by Crippen LogP contribution is 1.99. The first-order chi connectivity index (χ1) is 3.81. The fourth-order valence-corrected chi connectivity index (χ4v) is 0.613. The van der Waals surface area contributed by atoms with Gasteiger partial charge in [-0.05, 0) is 5.31 Å². The molecular weight excluding hydrogens is 117 g/mol. The molecular formula is C6H10NP. The molecule has 0 rings (SSSR count). The molecule has 0 fully saturated rings. The zero-order valence-corrected chi connectivity index (χ0v) is 6.12. The van der Waals surface area contributed by atoms with Crippen molar-refractivity contribution < 1.29 is 0 Å². The van der Waals surface area contributed by atoms with Gasteiger partial charge in [-0.1, -0.05) is 18.7 Å². The van der Waals surface area contributed by atoms with Crippen LogP contribution in [-0.2, 0) is 0 Å². The lowest BCUT2D eigenvalue weighted by Crippen LogP contribution is -1.68. The topological polar surface area (TPSA) is 12.4 Å². The number of allylic oxidation sites excluding steroid dienone is 3. The van der Waals surface area contributed by atoms with E-state index in [0.29, 0.717) is 0 Å². The van der Waals surface area contributed by atoms with Crippen molar-refractivity contribution in [3.05, 3.63) is 24.0 Å². The second-order valence-corrected chi connectivity index (χ2v) is 1.96. The van der Waals surface area contributed by atoms with E-state index in [9.17, 15) is 0 Å². The van der Waals surface area contributed by atoms with Crippen molar-refractivity contribution in [1.29, 1.82) is 0 Å². The van der Waals surface area contributed by atoms with Crippen molar-refractivity contribution in [3.63, 3.8) is 0 Å². The minimum Gasteiger partial charge on any atom is -0.296 e. The molecule has 44 valence electrons. The summed E-state index contributed by atoms with van der Waals surface area (Å²) in [6, 6.07) is 0. The van der Waals surface area contributed by atoms with Gasteiger partial charge in [0.1, 0.15) is 0 Å². The highest BCUT2D eigenvalue weighted by molar-refractivity contribution is 7.24. The van der Waals surface area contributed by atoms with E-state index < -0.39 is 0 Å². The molecule has 1 atom stereocenters. The van der Waals surface area contributed by atoms with Crippen LogP contribution in [0, 0.1) is 0 Å². The van der Waals surface area contributed by atoms with Crippen LogP contribution in [0.3, 0.4) is 0 Å². The number of hydrogen-bond donors (Lipinski definition) is 0. The molecule has 0 N–H and O–H groups in total. The number of hydrogen-bond acceptors (Lipinski definition) is 1. The van der Waals surface area contributed by atoms with Crippen LogP contribution in [-0.4, -0.2) is 13.3 Å². The predicted molar refractivity (Wildman–Crippen MR) is 42.4 cm³/mol. The molecule has 2 heteroatoms. The summed E-state index contributed by atoms with van der Waals surface area (Å²) >= 11 is 0. The predicted octanol–water partition coefficient (Wildman–Crippen LogP) is 1.63. The highest BCUT2D eigenvalue weighted by Gasteiger charge is 1.73. The largest absolute Gasteiger partial charge is 0.296 e. The molecule has 8 heavy (non-hydrogen) atoms. The smallest absolute Gasteiger partial charge is 0.0280 e. The van der Waals surface area contributed by atoms with E-state index in [4.69, 9.17) is 0 Å². The zero-order valence-electron chi connectivity index (χ0n) is 4.96. The van der Waals surface area contributed by atoms with Crippen LogP contribution in [0.5, 0.6) is 0 Å². The summed E-state index contributed by atoms with van der Waals surface area (Å²) in [6.07, 6.45) is 5.36. The molecule has 0 saturated carbocycles. The van der Waals surface area contributed by atoms with Gasteiger partial charge in [0.15, 0.2) is 0 Å². The average Bonchev–Trinajstić information content (AvgIpc) is 1.68. The molecule has 0 aliphatic rings. The van der Waals surface area contributed by atoms with Crippen molar-refractivity contribution in [2.24, 2.45) is 4.99 Å². The van der Waals surface area contributed by atoms with Gasteiger partial charge in [0.2, 0.25) is 0 Å². The van der Waals surface area contributed by atoms with E-state index in [1.165, 1.54) is 0 Å². The van der Waals surface area contributed by atoms with Gasteiger partial charge in [0, 0.05) is 13.3 Å². The van der Waals surface area contributed by atoms with E-state index >= 15 is 0 Å². The van der Waals surface area contributed by atoms with Gasteiger partial charge < -0.3 is 0 Å². The minimum atomic E-state index is 1.04. The Bertz CT molecular complexity index is 124. The quantitative estimate of drug-likeness (QED) is 0.303. The lowest BCUT2D eigenvalue weighted by Gasteiger charge is -1.81. The normalized spacial score (nSPS) is 12.5. The summed E-state index contributed by atoms with van der Waals surface area (Å²) in [5.74, 6) is 0. The van der Waals surface area contributed by atoms with Crippen LogP contribution in [0.1, 0.15) is 0 Å². The third-order valence-electron chi connectivity index (χ3n) is 0.588. The van der Waals surface area contributed by atoms with E-state index in [0.717, 1.165) is 5.31 Å². The third kappa shape index (κ3) is 3.76. The van der Waals surface area contributed by atoms with Crippen molar-refractivity contribution in [2.75, 3.05) is 7.05 Å². The molecule has 0 aliphatic heterocycles. The maximum Gasteiger partial charge on any atom is 0.0280 e. The Morgan fingerprint density at radius 3 is 2.75 bits per heavy atom. The van der Waals surface area contributed by atoms with E-state index in [1.54, 1.807) is 19.3 Å². The van der Waals surface area contributed by atoms with Crippen LogP contribution in [0.4, 0.5) is 0 Å². The van der Waals surface area contributed by atoms with Crippen molar-refractivity contribution in [3.8, 4) is 0 Å². The summed E-state index contributed by atoms with van der Waals surface area (Å²) in [7, 11) is 4.28. The highest BCUT2D eigenvalue weighted by atomic mass is 31.0. The summed E-state index contributed by atoms with van der Waals surface area (Å²) in [5, 5.41) is 1.04. The Hall–Kier alpha value is -0.420. The molecule has 0 bridgehead atoms. The summed E-state index contributed by atoms with van der Waals surface area (Å²) in [4.78, 5) is 3.79. The molecule has 0 saturated heterocycles. The van der Waals surface area contributed by atoms with Gasteiger partial charge in [-0.15, -0.1) is 9.24 Å². The van der Waals surface area contributed by atoms with Gasteiger partial charge >= 0.3 is 0 Å². The maximum atomic E-state index is 3.79. The van der Waals surface area contributed by atoms with Crippen LogP contribution < -0.4 is 0 Å². The lowest BCUT2D eigenvalue weighted by molar-refractivity contribution is 1.47. The van der Waals surface area contributed by atoms with Crippen LogP contribution in [0.2, 0.25) is 0 Å². The van der Waals surface area contributed by atoms with Crippen molar-refractivity contribution >= 4 is 15.5 Å². The first-order valence-electron chi connectivity index (χ1n) is 2.31. The number of rotatable bonds is 2.